The lowest BCUT2D eigenvalue weighted by atomic mass is 9.94. The van der Waals surface area contributed by atoms with Gasteiger partial charge in [0.25, 0.3) is 0 Å². The zero-order valence-corrected chi connectivity index (χ0v) is 7.85. The van der Waals surface area contributed by atoms with Crippen LogP contribution in [0.1, 0.15) is 29.8 Å². The Kier molecular flexibility index (Phi) is 1.60. The van der Waals surface area contributed by atoms with Gasteiger partial charge in [-0.3, -0.25) is 0 Å². The Balaban J connectivity index is 2.60. The molecule has 0 aromatic carbocycles. The highest BCUT2D eigenvalue weighted by Crippen LogP contribution is 2.30. The summed E-state index contributed by atoms with van der Waals surface area (Å²) in [6.07, 6.45) is 3.66. The van der Waals surface area contributed by atoms with Crippen molar-refractivity contribution >= 4 is 5.57 Å². The van der Waals surface area contributed by atoms with Crippen LogP contribution in [-0.2, 0) is 13.5 Å². The standard InChI is InChI=1S/C11H15N/c1-8-5-4-6-11-10(8)7-9(2)12(11)3/h7H,1,4-6H2,2-3H3. The summed E-state index contributed by atoms with van der Waals surface area (Å²) in [7, 11) is 2.15. The first-order valence-electron chi connectivity index (χ1n) is 4.53. The second-order valence-corrected chi connectivity index (χ2v) is 3.66. The molecule has 0 saturated heterocycles. The van der Waals surface area contributed by atoms with Crippen LogP contribution >= 0.6 is 0 Å². The van der Waals surface area contributed by atoms with Crippen molar-refractivity contribution in [2.75, 3.05) is 0 Å². The van der Waals surface area contributed by atoms with Crippen molar-refractivity contribution in [2.24, 2.45) is 7.05 Å². The van der Waals surface area contributed by atoms with Crippen molar-refractivity contribution in [3.63, 3.8) is 0 Å². The number of aromatic nitrogens is 1. The van der Waals surface area contributed by atoms with E-state index in [9.17, 15) is 0 Å². The van der Waals surface area contributed by atoms with E-state index >= 15 is 0 Å². The van der Waals surface area contributed by atoms with E-state index in [0.717, 1.165) is 0 Å². The van der Waals surface area contributed by atoms with E-state index < -0.39 is 0 Å². The van der Waals surface area contributed by atoms with Crippen molar-refractivity contribution in [2.45, 2.75) is 26.2 Å². The van der Waals surface area contributed by atoms with Gasteiger partial charge in [0, 0.05) is 18.4 Å². The summed E-state index contributed by atoms with van der Waals surface area (Å²) >= 11 is 0. The number of rotatable bonds is 0. The van der Waals surface area contributed by atoms with Crippen LogP contribution < -0.4 is 0 Å². The third-order valence-electron chi connectivity index (χ3n) is 2.87. The number of fused-ring (bicyclic) bond motifs is 1. The number of allylic oxidation sites excluding steroid dienone is 1. The van der Waals surface area contributed by atoms with E-state index in [1.54, 1.807) is 0 Å². The minimum atomic E-state index is 1.18. The molecule has 1 aromatic heterocycles. The second kappa shape index (κ2) is 2.51. The fraction of sp³-hybridized carbons (Fsp3) is 0.455. The molecule has 0 radical (unpaired) electrons. The first kappa shape index (κ1) is 7.66. The molecule has 0 atom stereocenters. The van der Waals surface area contributed by atoms with Crippen molar-refractivity contribution in [3.05, 3.63) is 29.6 Å². The summed E-state index contributed by atoms with van der Waals surface area (Å²) in [5.74, 6) is 0. The van der Waals surface area contributed by atoms with Crippen molar-refractivity contribution in [1.82, 2.24) is 4.57 Å². The van der Waals surface area contributed by atoms with Gasteiger partial charge in [-0.15, -0.1) is 0 Å². The Morgan fingerprint density at radius 2 is 2.17 bits per heavy atom. The minimum absolute atomic E-state index is 1.18. The summed E-state index contributed by atoms with van der Waals surface area (Å²) < 4.78 is 2.29. The zero-order valence-electron chi connectivity index (χ0n) is 7.85. The van der Waals surface area contributed by atoms with Crippen LogP contribution in [0.5, 0.6) is 0 Å². The summed E-state index contributed by atoms with van der Waals surface area (Å²) in [6.45, 7) is 6.25. The van der Waals surface area contributed by atoms with E-state index in [1.165, 1.54) is 41.8 Å². The summed E-state index contributed by atoms with van der Waals surface area (Å²) in [4.78, 5) is 0. The van der Waals surface area contributed by atoms with Crippen LogP contribution in [0.4, 0.5) is 0 Å². The molecular formula is C11H15N. The molecule has 1 aliphatic rings. The molecule has 1 aliphatic carbocycles. The Morgan fingerprint density at radius 1 is 1.42 bits per heavy atom. The first-order valence-corrected chi connectivity index (χ1v) is 4.53. The Morgan fingerprint density at radius 3 is 2.83 bits per heavy atom. The number of aryl methyl sites for hydroxylation is 1. The van der Waals surface area contributed by atoms with E-state index in [1.807, 2.05) is 0 Å². The lowest BCUT2D eigenvalue weighted by Crippen LogP contribution is -2.04. The molecule has 12 heavy (non-hydrogen) atoms. The number of nitrogens with zero attached hydrogens (tertiary/aromatic N) is 1. The van der Waals surface area contributed by atoms with Gasteiger partial charge in [0.05, 0.1) is 0 Å². The molecule has 0 saturated carbocycles. The molecule has 1 heterocycles. The molecular weight excluding hydrogens is 146 g/mol. The SMILES string of the molecule is C=C1CCCc2c1cc(C)n2C. The third kappa shape index (κ3) is 0.927. The molecule has 2 rings (SSSR count). The molecule has 0 unspecified atom stereocenters. The monoisotopic (exact) mass is 161 g/mol. The predicted octanol–water partition coefficient (Wildman–Crippen LogP) is 2.68. The topological polar surface area (TPSA) is 4.93 Å². The van der Waals surface area contributed by atoms with Crippen LogP contribution in [-0.4, -0.2) is 4.57 Å². The summed E-state index contributed by atoms with van der Waals surface area (Å²) in [5, 5.41) is 0. The van der Waals surface area contributed by atoms with E-state index in [4.69, 9.17) is 0 Å². The maximum Gasteiger partial charge on any atom is 0.0249 e. The van der Waals surface area contributed by atoms with Gasteiger partial charge in [-0.05, 0) is 43.4 Å². The van der Waals surface area contributed by atoms with E-state index in [0.29, 0.717) is 0 Å². The van der Waals surface area contributed by atoms with Crippen LogP contribution in [0, 0.1) is 6.92 Å². The minimum Gasteiger partial charge on any atom is -0.351 e. The summed E-state index contributed by atoms with van der Waals surface area (Å²) in [6, 6.07) is 2.26. The maximum atomic E-state index is 4.10. The fourth-order valence-corrected chi connectivity index (χ4v) is 1.99. The quantitative estimate of drug-likeness (QED) is 0.551. The molecule has 0 aliphatic heterocycles. The molecule has 64 valence electrons. The lowest BCUT2D eigenvalue weighted by Gasteiger charge is -2.15. The van der Waals surface area contributed by atoms with Gasteiger partial charge in [-0.2, -0.15) is 0 Å². The molecule has 0 spiro atoms. The normalized spacial score (nSPS) is 16.3. The highest BCUT2D eigenvalue weighted by molar-refractivity contribution is 5.68. The predicted molar refractivity (Wildman–Crippen MR) is 52.1 cm³/mol. The Bertz CT molecular complexity index is 331. The molecule has 0 bridgehead atoms. The average Bonchev–Trinajstić information content (AvgIpc) is 2.32. The highest BCUT2D eigenvalue weighted by Gasteiger charge is 2.16. The Hall–Kier alpha value is -0.980. The molecule has 1 nitrogen and oxygen atoms in total. The number of hydrogen-bond donors (Lipinski definition) is 0. The van der Waals surface area contributed by atoms with Crippen molar-refractivity contribution in [3.8, 4) is 0 Å². The third-order valence-corrected chi connectivity index (χ3v) is 2.87. The van der Waals surface area contributed by atoms with Crippen LogP contribution in [0.2, 0.25) is 0 Å². The average molecular weight is 161 g/mol. The van der Waals surface area contributed by atoms with E-state index in [-0.39, 0.29) is 0 Å². The van der Waals surface area contributed by atoms with Gasteiger partial charge in [-0.1, -0.05) is 6.58 Å². The van der Waals surface area contributed by atoms with Crippen LogP contribution in [0.3, 0.4) is 0 Å². The van der Waals surface area contributed by atoms with E-state index in [2.05, 4.69) is 31.2 Å². The zero-order chi connectivity index (χ0) is 8.72. The second-order valence-electron chi connectivity index (χ2n) is 3.66. The highest BCUT2D eigenvalue weighted by atomic mass is 15.0. The number of hydrogen-bond acceptors (Lipinski definition) is 0. The Labute approximate surface area is 73.7 Å². The smallest absolute Gasteiger partial charge is 0.0249 e. The largest absolute Gasteiger partial charge is 0.351 e. The molecule has 1 heteroatoms. The van der Waals surface area contributed by atoms with Gasteiger partial charge in [-0.25, -0.2) is 0 Å². The lowest BCUT2D eigenvalue weighted by molar-refractivity contribution is 0.729. The van der Waals surface area contributed by atoms with Gasteiger partial charge in [0.1, 0.15) is 0 Å². The van der Waals surface area contributed by atoms with Gasteiger partial charge in [0.15, 0.2) is 0 Å². The van der Waals surface area contributed by atoms with Gasteiger partial charge in [0.2, 0.25) is 0 Å². The molecule has 0 amide bonds. The molecule has 1 aromatic rings. The maximum absolute atomic E-state index is 4.10. The van der Waals surface area contributed by atoms with Crippen LogP contribution in [0.15, 0.2) is 12.6 Å². The molecule has 0 fully saturated rings. The van der Waals surface area contributed by atoms with Gasteiger partial charge < -0.3 is 4.57 Å². The van der Waals surface area contributed by atoms with Gasteiger partial charge >= 0.3 is 0 Å². The molecule has 0 N–H and O–H groups in total. The van der Waals surface area contributed by atoms with Crippen molar-refractivity contribution < 1.29 is 0 Å². The summed E-state index contributed by atoms with van der Waals surface area (Å²) in [5.41, 5.74) is 5.55. The van der Waals surface area contributed by atoms with Crippen molar-refractivity contribution in [1.29, 1.82) is 0 Å². The fourth-order valence-electron chi connectivity index (χ4n) is 1.99. The van der Waals surface area contributed by atoms with Crippen LogP contribution in [0.25, 0.3) is 5.57 Å². The first-order chi connectivity index (χ1) is 5.70.